The fourth-order valence-electron chi connectivity index (χ4n) is 4.09. The van der Waals surface area contributed by atoms with Crippen molar-refractivity contribution < 1.29 is 14.3 Å². The second kappa shape index (κ2) is 7.31. The first-order valence-corrected chi connectivity index (χ1v) is 9.26. The van der Waals surface area contributed by atoms with Crippen LogP contribution in [0.4, 0.5) is 0 Å². The van der Waals surface area contributed by atoms with E-state index in [1.807, 2.05) is 78.9 Å². The van der Waals surface area contributed by atoms with E-state index in [1.165, 1.54) is 7.11 Å². The van der Waals surface area contributed by atoms with Gasteiger partial charge in [0.1, 0.15) is 6.04 Å². The Hall–Kier alpha value is -3.40. The summed E-state index contributed by atoms with van der Waals surface area (Å²) in [5, 5.41) is 0. The molecule has 1 fully saturated rings. The molecule has 1 unspecified atom stereocenters. The lowest BCUT2D eigenvalue weighted by molar-refractivity contribution is -0.157. The van der Waals surface area contributed by atoms with E-state index in [1.54, 1.807) is 17.0 Å². The number of esters is 1. The minimum atomic E-state index is -0.714. The summed E-state index contributed by atoms with van der Waals surface area (Å²) in [5.74, 6) is -0.582. The Morgan fingerprint density at radius 1 is 0.821 bits per heavy atom. The SMILES string of the molecule is COC(=O)C1CC(c2ccccc2)(c2ccccc2)N1C(=O)c1ccccc1. The van der Waals surface area contributed by atoms with Crippen LogP contribution in [0.15, 0.2) is 91.0 Å². The second-order valence-electron chi connectivity index (χ2n) is 6.88. The van der Waals surface area contributed by atoms with Crippen LogP contribution in [0.5, 0.6) is 0 Å². The molecule has 28 heavy (non-hydrogen) atoms. The molecule has 0 aliphatic carbocycles. The van der Waals surface area contributed by atoms with Gasteiger partial charge in [0.25, 0.3) is 5.91 Å². The van der Waals surface area contributed by atoms with Gasteiger partial charge in [0.2, 0.25) is 0 Å². The Morgan fingerprint density at radius 2 is 1.29 bits per heavy atom. The highest BCUT2D eigenvalue weighted by Gasteiger charge is 2.59. The van der Waals surface area contributed by atoms with Crippen molar-refractivity contribution in [3.8, 4) is 0 Å². The standard InChI is InChI=1S/C24H21NO3/c1-28-23(27)21-17-24(19-13-7-3-8-14-19,20-15-9-4-10-16-20)25(21)22(26)18-11-5-2-6-12-18/h2-16,21H,17H2,1H3. The summed E-state index contributed by atoms with van der Waals surface area (Å²) in [4.78, 5) is 27.7. The number of amides is 1. The van der Waals surface area contributed by atoms with E-state index in [9.17, 15) is 9.59 Å². The molecule has 0 aromatic heterocycles. The summed E-state index contributed by atoms with van der Waals surface area (Å²) in [6.07, 6.45) is 0.478. The van der Waals surface area contributed by atoms with Gasteiger partial charge in [-0.3, -0.25) is 4.79 Å². The third kappa shape index (κ3) is 2.78. The van der Waals surface area contributed by atoms with E-state index >= 15 is 0 Å². The lowest BCUT2D eigenvalue weighted by atomic mass is 9.68. The number of nitrogens with zero attached hydrogens (tertiary/aromatic N) is 1. The summed E-state index contributed by atoms with van der Waals surface area (Å²) in [7, 11) is 1.36. The molecular formula is C24H21NO3. The van der Waals surface area contributed by atoms with Gasteiger partial charge in [-0.2, -0.15) is 0 Å². The van der Waals surface area contributed by atoms with Crippen LogP contribution in [0, 0.1) is 0 Å². The van der Waals surface area contributed by atoms with E-state index in [-0.39, 0.29) is 5.91 Å². The predicted molar refractivity (Wildman–Crippen MR) is 107 cm³/mol. The molecule has 1 atom stereocenters. The van der Waals surface area contributed by atoms with E-state index in [0.717, 1.165) is 11.1 Å². The molecule has 3 aromatic rings. The molecule has 1 heterocycles. The average molecular weight is 371 g/mol. The topological polar surface area (TPSA) is 46.6 Å². The Bertz CT molecular complexity index is 931. The molecule has 4 heteroatoms. The van der Waals surface area contributed by atoms with Crippen LogP contribution in [0.1, 0.15) is 27.9 Å². The van der Waals surface area contributed by atoms with Crippen LogP contribution >= 0.6 is 0 Å². The Labute approximate surface area is 164 Å². The molecular weight excluding hydrogens is 350 g/mol. The number of carbonyl (C=O) groups excluding carboxylic acids is 2. The molecule has 0 bridgehead atoms. The van der Waals surface area contributed by atoms with Crippen LogP contribution < -0.4 is 0 Å². The van der Waals surface area contributed by atoms with Crippen molar-refractivity contribution in [3.63, 3.8) is 0 Å². The lowest BCUT2D eigenvalue weighted by Gasteiger charge is -2.57. The number of methoxy groups -OCH3 is 1. The smallest absolute Gasteiger partial charge is 0.328 e. The molecule has 140 valence electrons. The van der Waals surface area contributed by atoms with Gasteiger partial charge in [-0.25, -0.2) is 4.79 Å². The summed E-state index contributed by atoms with van der Waals surface area (Å²) in [6.45, 7) is 0. The van der Waals surface area contributed by atoms with Gasteiger partial charge in [-0.05, 0) is 23.3 Å². The maximum absolute atomic E-state index is 13.5. The van der Waals surface area contributed by atoms with Crippen LogP contribution in [0.2, 0.25) is 0 Å². The van der Waals surface area contributed by atoms with Gasteiger partial charge in [-0.1, -0.05) is 78.9 Å². The highest BCUT2D eigenvalue weighted by Crippen LogP contribution is 2.51. The monoisotopic (exact) mass is 371 g/mol. The summed E-state index contributed by atoms with van der Waals surface area (Å²) in [5.41, 5.74) is 1.79. The summed E-state index contributed by atoms with van der Waals surface area (Å²) >= 11 is 0. The van der Waals surface area contributed by atoms with Crippen molar-refractivity contribution in [2.24, 2.45) is 0 Å². The third-order valence-corrected chi connectivity index (χ3v) is 5.43. The number of benzene rings is 3. The van der Waals surface area contributed by atoms with Crippen molar-refractivity contribution in [1.29, 1.82) is 0 Å². The van der Waals surface area contributed by atoms with Crippen molar-refractivity contribution >= 4 is 11.9 Å². The molecule has 0 N–H and O–H groups in total. The zero-order valence-corrected chi connectivity index (χ0v) is 15.6. The highest BCUT2D eigenvalue weighted by atomic mass is 16.5. The van der Waals surface area contributed by atoms with E-state index in [4.69, 9.17) is 4.74 Å². The van der Waals surface area contributed by atoms with Crippen molar-refractivity contribution in [2.45, 2.75) is 18.0 Å². The van der Waals surface area contributed by atoms with Crippen molar-refractivity contribution in [1.82, 2.24) is 4.90 Å². The first-order valence-electron chi connectivity index (χ1n) is 9.26. The quantitative estimate of drug-likeness (QED) is 0.651. The van der Waals surface area contributed by atoms with Crippen LogP contribution in [-0.4, -0.2) is 29.9 Å². The number of hydrogen-bond acceptors (Lipinski definition) is 3. The third-order valence-electron chi connectivity index (χ3n) is 5.43. The molecule has 1 amide bonds. The fourth-order valence-corrected chi connectivity index (χ4v) is 4.09. The maximum atomic E-state index is 13.5. The molecule has 0 spiro atoms. The van der Waals surface area contributed by atoms with Crippen molar-refractivity contribution in [3.05, 3.63) is 108 Å². The Kier molecular flexibility index (Phi) is 4.70. The van der Waals surface area contributed by atoms with Gasteiger partial charge >= 0.3 is 5.97 Å². The van der Waals surface area contributed by atoms with Gasteiger partial charge in [0.05, 0.1) is 12.6 Å². The van der Waals surface area contributed by atoms with Gasteiger partial charge in [0.15, 0.2) is 0 Å². The Balaban J connectivity index is 1.89. The largest absolute Gasteiger partial charge is 0.467 e. The molecule has 3 aromatic carbocycles. The zero-order valence-electron chi connectivity index (χ0n) is 15.6. The number of ether oxygens (including phenoxy) is 1. The zero-order chi connectivity index (χ0) is 19.6. The normalized spacial score (nSPS) is 17.5. The van der Waals surface area contributed by atoms with E-state index < -0.39 is 17.6 Å². The van der Waals surface area contributed by atoms with Crippen LogP contribution in [-0.2, 0) is 15.1 Å². The summed E-state index contributed by atoms with van der Waals surface area (Å²) in [6, 6.07) is 28.2. The number of rotatable bonds is 4. The minimum absolute atomic E-state index is 0.185. The molecule has 1 saturated heterocycles. The number of likely N-dealkylation sites (tertiary alicyclic amines) is 1. The molecule has 1 aliphatic heterocycles. The van der Waals surface area contributed by atoms with Gasteiger partial charge < -0.3 is 9.64 Å². The van der Waals surface area contributed by atoms with Gasteiger partial charge in [-0.15, -0.1) is 0 Å². The second-order valence-corrected chi connectivity index (χ2v) is 6.88. The average Bonchev–Trinajstić information content (AvgIpc) is 2.75. The molecule has 4 nitrogen and oxygen atoms in total. The number of carbonyl (C=O) groups is 2. The maximum Gasteiger partial charge on any atom is 0.328 e. The van der Waals surface area contributed by atoms with E-state index in [2.05, 4.69) is 0 Å². The Morgan fingerprint density at radius 3 is 1.75 bits per heavy atom. The fraction of sp³-hybridized carbons (Fsp3) is 0.167. The highest BCUT2D eigenvalue weighted by molar-refractivity contribution is 5.99. The van der Waals surface area contributed by atoms with Crippen LogP contribution in [0.25, 0.3) is 0 Å². The van der Waals surface area contributed by atoms with E-state index in [0.29, 0.717) is 12.0 Å². The minimum Gasteiger partial charge on any atom is -0.467 e. The summed E-state index contributed by atoms with van der Waals surface area (Å²) < 4.78 is 5.00. The molecule has 0 saturated carbocycles. The number of hydrogen-bond donors (Lipinski definition) is 0. The molecule has 0 radical (unpaired) electrons. The van der Waals surface area contributed by atoms with Crippen molar-refractivity contribution in [2.75, 3.05) is 7.11 Å². The molecule has 1 aliphatic rings. The first kappa shape index (κ1) is 18.0. The lowest BCUT2D eigenvalue weighted by Crippen LogP contribution is -2.68. The van der Waals surface area contributed by atoms with Crippen LogP contribution in [0.3, 0.4) is 0 Å². The van der Waals surface area contributed by atoms with Gasteiger partial charge in [0, 0.05) is 12.0 Å². The first-order chi connectivity index (χ1) is 13.7. The molecule has 4 rings (SSSR count). The predicted octanol–water partition coefficient (Wildman–Crippen LogP) is 4.02.